The molecule has 37 heavy (non-hydrogen) atoms. The van der Waals surface area contributed by atoms with E-state index in [4.69, 9.17) is 4.74 Å². The van der Waals surface area contributed by atoms with Crippen molar-refractivity contribution in [2.75, 3.05) is 26.7 Å². The maximum atomic E-state index is 15.5. The molecule has 1 unspecified atom stereocenters. The molecule has 0 saturated carbocycles. The number of hydrogen-bond acceptors (Lipinski definition) is 4. The molecule has 7 heteroatoms. The lowest BCUT2D eigenvalue weighted by atomic mass is 9.79. The van der Waals surface area contributed by atoms with Gasteiger partial charge in [0.05, 0.1) is 12.6 Å². The van der Waals surface area contributed by atoms with E-state index in [1.165, 1.54) is 12.1 Å². The van der Waals surface area contributed by atoms with Gasteiger partial charge in [-0.15, -0.1) is 0 Å². The van der Waals surface area contributed by atoms with Crippen LogP contribution in [-0.2, 0) is 11.2 Å². The van der Waals surface area contributed by atoms with E-state index in [1.807, 2.05) is 30.3 Å². The van der Waals surface area contributed by atoms with Gasteiger partial charge in [-0.25, -0.2) is 8.78 Å². The Morgan fingerprint density at radius 2 is 1.97 bits per heavy atom. The number of carboxylic acid groups (broad SMARTS) is 1. The summed E-state index contributed by atoms with van der Waals surface area (Å²) in [6, 6.07) is 13.9. The first kappa shape index (κ1) is 27.0. The van der Waals surface area contributed by atoms with E-state index in [1.54, 1.807) is 19.4 Å². The van der Waals surface area contributed by atoms with Gasteiger partial charge in [0.25, 0.3) is 0 Å². The minimum Gasteiger partial charge on any atom is -0.497 e. The maximum Gasteiger partial charge on any atom is 0.303 e. The fourth-order valence-corrected chi connectivity index (χ4v) is 5.60. The van der Waals surface area contributed by atoms with Crippen LogP contribution >= 0.6 is 0 Å². The number of benzene rings is 2. The highest BCUT2D eigenvalue weighted by atomic mass is 19.1. The molecule has 4 rings (SSSR count). The Hall–Kier alpha value is -3.06. The van der Waals surface area contributed by atoms with Gasteiger partial charge in [0.2, 0.25) is 0 Å². The summed E-state index contributed by atoms with van der Waals surface area (Å²) in [5, 5.41) is 10.0. The smallest absolute Gasteiger partial charge is 0.303 e. The Kier molecular flexibility index (Phi) is 9.45. The molecular weight excluding hydrogens is 474 g/mol. The number of ether oxygens (including phenoxy) is 1. The van der Waals surface area contributed by atoms with Crippen molar-refractivity contribution in [2.24, 2.45) is 11.8 Å². The zero-order chi connectivity index (χ0) is 26.2. The van der Waals surface area contributed by atoms with Gasteiger partial charge >= 0.3 is 5.97 Å². The third-order valence-electron chi connectivity index (χ3n) is 7.67. The molecule has 0 radical (unpaired) electrons. The summed E-state index contributed by atoms with van der Waals surface area (Å²) in [5.41, 5.74) is 2.49. The van der Waals surface area contributed by atoms with Gasteiger partial charge in [0.15, 0.2) is 0 Å². The van der Waals surface area contributed by atoms with Gasteiger partial charge in [-0.3, -0.25) is 9.78 Å². The number of likely N-dealkylation sites (tertiary alicyclic amines) is 1. The number of nitrogens with zero attached hydrogens (tertiary/aromatic N) is 2. The normalized spacial score (nSPS) is 19.1. The zero-order valence-corrected chi connectivity index (χ0v) is 21.4. The molecule has 1 saturated heterocycles. The molecule has 0 amide bonds. The van der Waals surface area contributed by atoms with Crippen LogP contribution in [0, 0.1) is 17.7 Å². The van der Waals surface area contributed by atoms with Crippen LogP contribution in [-0.4, -0.2) is 47.7 Å². The predicted molar refractivity (Wildman–Crippen MR) is 141 cm³/mol. The molecule has 3 aromatic rings. The van der Waals surface area contributed by atoms with E-state index in [0.717, 1.165) is 61.8 Å². The maximum absolute atomic E-state index is 15.5. The van der Waals surface area contributed by atoms with E-state index >= 15 is 4.39 Å². The second kappa shape index (κ2) is 13.0. The number of carbonyl (C=O) groups is 1. The number of halogens is 2. The van der Waals surface area contributed by atoms with Crippen molar-refractivity contribution >= 4 is 16.9 Å². The van der Waals surface area contributed by atoms with E-state index in [2.05, 4.69) is 9.88 Å². The van der Waals surface area contributed by atoms with Crippen molar-refractivity contribution < 1.29 is 23.4 Å². The predicted octanol–water partition coefficient (Wildman–Crippen LogP) is 6.61. The van der Waals surface area contributed by atoms with Crippen LogP contribution < -0.4 is 4.74 Å². The van der Waals surface area contributed by atoms with Crippen LogP contribution in [0.2, 0.25) is 0 Å². The van der Waals surface area contributed by atoms with Crippen molar-refractivity contribution in [1.29, 1.82) is 0 Å². The summed E-state index contributed by atoms with van der Waals surface area (Å²) in [5.74, 6) is 0.201. The highest BCUT2D eigenvalue weighted by Crippen LogP contribution is 2.36. The Morgan fingerprint density at radius 3 is 2.73 bits per heavy atom. The molecule has 2 aromatic carbocycles. The first-order chi connectivity index (χ1) is 17.9. The minimum atomic E-state index is -1.12. The molecular formula is C30H36F2N2O3. The Labute approximate surface area is 217 Å². The minimum absolute atomic E-state index is 0.137. The molecule has 1 fully saturated rings. The number of aliphatic carboxylic acids is 1. The first-order valence-corrected chi connectivity index (χ1v) is 13.2. The number of alkyl halides is 1. The number of methoxy groups -OCH3 is 1. The monoisotopic (exact) mass is 510 g/mol. The fourth-order valence-electron chi connectivity index (χ4n) is 5.60. The van der Waals surface area contributed by atoms with Crippen LogP contribution in [0.5, 0.6) is 5.75 Å². The SMILES string of the molecule is COc1ccc2nccc(C(F)CC[C@@H]3CCN(CCCc4ccc(F)cc4)C[C@@H]3CCC(=O)O)c2c1. The van der Waals surface area contributed by atoms with Gasteiger partial charge in [-0.05, 0) is 111 Å². The van der Waals surface area contributed by atoms with Crippen molar-refractivity contribution in [2.45, 2.75) is 51.1 Å². The fraction of sp³-hybridized carbons (Fsp3) is 0.467. The van der Waals surface area contributed by atoms with E-state index < -0.39 is 12.1 Å². The van der Waals surface area contributed by atoms with E-state index in [9.17, 15) is 14.3 Å². The topological polar surface area (TPSA) is 62.7 Å². The average molecular weight is 511 g/mol. The second-order valence-corrected chi connectivity index (χ2v) is 10.1. The summed E-state index contributed by atoms with van der Waals surface area (Å²) in [7, 11) is 1.59. The van der Waals surface area contributed by atoms with Crippen molar-refractivity contribution in [3.63, 3.8) is 0 Å². The zero-order valence-electron chi connectivity index (χ0n) is 21.4. The highest BCUT2D eigenvalue weighted by Gasteiger charge is 2.30. The van der Waals surface area contributed by atoms with Crippen LogP contribution in [0.4, 0.5) is 8.78 Å². The number of aryl methyl sites for hydroxylation is 1. The van der Waals surface area contributed by atoms with Crippen molar-refractivity contribution in [3.05, 3.63) is 71.7 Å². The molecule has 0 bridgehead atoms. The van der Waals surface area contributed by atoms with Gasteiger partial charge in [0.1, 0.15) is 17.7 Å². The standard InChI is InChI=1S/C30H36F2N2O3/c1-37-25-10-12-29-27(19-25)26(14-16-33-29)28(32)11-6-22-15-18-34(20-23(22)7-13-30(35)36)17-2-3-21-4-8-24(31)9-5-21/h4-5,8-10,12,14,16,19,22-23,28H,2-3,6-7,11,13,15,17-18,20H2,1H3,(H,35,36)/t22-,23+,28?/m1/s1. The number of rotatable bonds is 12. The van der Waals surface area contributed by atoms with E-state index in [-0.39, 0.29) is 18.2 Å². The lowest BCUT2D eigenvalue weighted by Gasteiger charge is -2.39. The Balaban J connectivity index is 1.34. The molecule has 1 N–H and O–H groups in total. The molecule has 2 heterocycles. The van der Waals surface area contributed by atoms with Gasteiger partial charge in [0, 0.05) is 24.5 Å². The van der Waals surface area contributed by atoms with Crippen molar-refractivity contribution in [1.82, 2.24) is 9.88 Å². The number of piperidine rings is 1. The van der Waals surface area contributed by atoms with Crippen LogP contribution in [0.15, 0.2) is 54.7 Å². The van der Waals surface area contributed by atoms with E-state index in [0.29, 0.717) is 30.1 Å². The molecule has 5 nitrogen and oxygen atoms in total. The summed E-state index contributed by atoms with van der Waals surface area (Å²) < 4.78 is 34.0. The van der Waals surface area contributed by atoms with Crippen molar-refractivity contribution in [3.8, 4) is 5.75 Å². The third-order valence-corrected chi connectivity index (χ3v) is 7.67. The third kappa shape index (κ3) is 7.48. The molecule has 1 aliphatic rings. The first-order valence-electron chi connectivity index (χ1n) is 13.2. The molecule has 0 spiro atoms. The number of aromatic nitrogens is 1. The Morgan fingerprint density at radius 1 is 1.16 bits per heavy atom. The molecule has 0 aliphatic carbocycles. The number of carboxylic acids is 1. The second-order valence-electron chi connectivity index (χ2n) is 10.1. The lowest BCUT2D eigenvalue weighted by Crippen LogP contribution is -2.41. The number of fused-ring (bicyclic) bond motifs is 1. The highest BCUT2D eigenvalue weighted by molar-refractivity contribution is 5.83. The molecule has 1 aromatic heterocycles. The number of pyridine rings is 1. The average Bonchev–Trinajstić information content (AvgIpc) is 2.91. The summed E-state index contributed by atoms with van der Waals surface area (Å²) in [6.07, 6.45) is 5.19. The summed E-state index contributed by atoms with van der Waals surface area (Å²) >= 11 is 0. The van der Waals surface area contributed by atoms with Gasteiger partial charge in [-0.2, -0.15) is 0 Å². The van der Waals surface area contributed by atoms with Crippen LogP contribution in [0.1, 0.15) is 55.8 Å². The molecule has 198 valence electrons. The van der Waals surface area contributed by atoms with Crippen LogP contribution in [0.25, 0.3) is 10.9 Å². The quantitative estimate of drug-likeness (QED) is 0.297. The lowest BCUT2D eigenvalue weighted by molar-refractivity contribution is -0.137. The molecule has 1 aliphatic heterocycles. The van der Waals surface area contributed by atoms with Gasteiger partial charge < -0.3 is 14.7 Å². The molecule has 3 atom stereocenters. The number of hydrogen-bond donors (Lipinski definition) is 1. The largest absolute Gasteiger partial charge is 0.497 e. The summed E-state index contributed by atoms with van der Waals surface area (Å²) in [4.78, 5) is 18.1. The van der Waals surface area contributed by atoms with Crippen LogP contribution in [0.3, 0.4) is 0 Å². The van der Waals surface area contributed by atoms with Gasteiger partial charge in [-0.1, -0.05) is 12.1 Å². The summed E-state index contributed by atoms with van der Waals surface area (Å²) in [6.45, 7) is 2.70. The Bertz CT molecular complexity index is 1170.